The SMILES string of the molecule is C[C@@]1(C(=O)O)CCCCN1.Cl. The Kier molecular flexibility index (Phi) is 3.83. The van der Waals surface area contributed by atoms with E-state index >= 15 is 0 Å². The molecule has 66 valence electrons. The Morgan fingerprint density at radius 1 is 1.55 bits per heavy atom. The summed E-state index contributed by atoms with van der Waals surface area (Å²) in [6.07, 6.45) is 2.88. The van der Waals surface area contributed by atoms with Gasteiger partial charge in [-0.3, -0.25) is 4.79 Å². The standard InChI is InChI=1S/C7H13NO2.ClH/c1-7(6(9)10)4-2-3-5-8-7;/h8H,2-5H2,1H3,(H,9,10);1H/t7-;/m0./s1. The van der Waals surface area contributed by atoms with E-state index in [-0.39, 0.29) is 12.4 Å². The van der Waals surface area contributed by atoms with E-state index < -0.39 is 11.5 Å². The molecule has 0 amide bonds. The van der Waals surface area contributed by atoms with Gasteiger partial charge in [0, 0.05) is 0 Å². The summed E-state index contributed by atoms with van der Waals surface area (Å²) >= 11 is 0. The molecule has 0 aliphatic carbocycles. The third kappa shape index (κ3) is 2.34. The number of hydrogen-bond donors (Lipinski definition) is 2. The van der Waals surface area contributed by atoms with Gasteiger partial charge in [-0.05, 0) is 32.7 Å². The maximum absolute atomic E-state index is 10.6. The van der Waals surface area contributed by atoms with Gasteiger partial charge in [-0.15, -0.1) is 12.4 Å². The van der Waals surface area contributed by atoms with E-state index in [4.69, 9.17) is 5.11 Å². The first-order chi connectivity index (χ1) is 4.65. The first kappa shape index (κ1) is 10.7. The highest BCUT2D eigenvalue weighted by atomic mass is 35.5. The maximum atomic E-state index is 10.6. The molecule has 0 saturated carbocycles. The number of rotatable bonds is 1. The lowest BCUT2D eigenvalue weighted by Gasteiger charge is -2.30. The molecular weight excluding hydrogens is 166 g/mol. The van der Waals surface area contributed by atoms with Crippen molar-refractivity contribution in [2.75, 3.05) is 6.54 Å². The van der Waals surface area contributed by atoms with E-state index in [0.717, 1.165) is 25.8 Å². The number of nitrogens with one attached hydrogen (secondary N) is 1. The summed E-state index contributed by atoms with van der Waals surface area (Å²) in [5, 5.41) is 11.7. The summed E-state index contributed by atoms with van der Waals surface area (Å²) in [5.41, 5.74) is -0.655. The summed E-state index contributed by atoms with van der Waals surface area (Å²) < 4.78 is 0. The smallest absolute Gasteiger partial charge is 0.323 e. The van der Waals surface area contributed by atoms with Crippen molar-refractivity contribution in [3.05, 3.63) is 0 Å². The van der Waals surface area contributed by atoms with Crippen molar-refractivity contribution in [2.45, 2.75) is 31.7 Å². The van der Waals surface area contributed by atoms with Gasteiger partial charge >= 0.3 is 5.97 Å². The number of carbonyl (C=O) groups is 1. The van der Waals surface area contributed by atoms with Crippen LogP contribution in [0.4, 0.5) is 0 Å². The van der Waals surface area contributed by atoms with E-state index in [2.05, 4.69) is 5.32 Å². The number of piperidine rings is 1. The fourth-order valence-corrected chi connectivity index (χ4v) is 1.24. The van der Waals surface area contributed by atoms with Crippen molar-refractivity contribution < 1.29 is 9.90 Å². The van der Waals surface area contributed by atoms with Crippen molar-refractivity contribution in [1.82, 2.24) is 5.32 Å². The normalized spacial score (nSPS) is 30.6. The number of carboxylic acids is 1. The molecule has 0 aromatic carbocycles. The predicted octanol–water partition coefficient (Wildman–Crippen LogP) is 1.02. The summed E-state index contributed by atoms with van der Waals surface area (Å²) in [5.74, 6) is -0.729. The van der Waals surface area contributed by atoms with E-state index in [0.29, 0.717) is 0 Å². The molecule has 1 fully saturated rings. The predicted molar refractivity (Wildman–Crippen MR) is 45.1 cm³/mol. The first-order valence-corrected chi connectivity index (χ1v) is 3.63. The van der Waals surface area contributed by atoms with Gasteiger partial charge in [-0.2, -0.15) is 0 Å². The molecule has 1 aliphatic rings. The molecule has 0 aromatic rings. The number of hydrogen-bond acceptors (Lipinski definition) is 2. The molecule has 11 heavy (non-hydrogen) atoms. The fourth-order valence-electron chi connectivity index (χ4n) is 1.24. The largest absolute Gasteiger partial charge is 0.480 e. The average molecular weight is 180 g/mol. The zero-order valence-corrected chi connectivity index (χ0v) is 7.41. The van der Waals surface area contributed by atoms with Crippen LogP contribution in [0, 0.1) is 0 Å². The Bertz CT molecular complexity index is 143. The monoisotopic (exact) mass is 179 g/mol. The molecule has 0 aromatic heterocycles. The van der Waals surface area contributed by atoms with Crippen LogP contribution in [0.15, 0.2) is 0 Å². The highest BCUT2D eigenvalue weighted by molar-refractivity contribution is 5.85. The molecule has 0 radical (unpaired) electrons. The van der Waals surface area contributed by atoms with Crippen molar-refractivity contribution in [3.8, 4) is 0 Å². The Hall–Kier alpha value is -0.280. The summed E-state index contributed by atoms with van der Waals surface area (Å²) in [6.45, 7) is 2.58. The van der Waals surface area contributed by atoms with Crippen LogP contribution in [0.1, 0.15) is 26.2 Å². The minimum Gasteiger partial charge on any atom is -0.480 e. The lowest BCUT2D eigenvalue weighted by molar-refractivity contribution is -0.145. The van der Waals surface area contributed by atoms with Crippen molar-refractivity contribution in [1.29, 1.82) is 0 Å². The van der Waals surface area contributed by atoms with Crippen LogP contribution in [0.3, 0.4) is 0 Å². The fraction of sp³-hybridized carbons (Fsp3) is 0.857. The van der Waals surface area contributed by atoms with Crippen LogP contribution in [-0.2, 0) is 4.79 Å². The van der Waals surface area contributed by atoms with Crippen LogP contribution in [0.2, 0.25) is 0 Å². The Labute approximate surface area is 72.6 Å². The molecule has 1 heterocycles. The van der Waals surface area contributed by atoms with Crippen molar-refractivity contribution in [3.63, 3.8) is 0 Å². The number of aliphatic carboxylic acids is 1. The van der Waals surface area contributed by atoms with Gasteiger partial charge in [0.1, 0.15) is 5.54 Å². The number of halogens is 1. The molecule has 2 N–H and O–H groups in total. The Morgan fingerprint density at radius 3 is 2.45 bits per heavy atom. The molecule has 0 bridgehead atoms. The molecule has 1 atom stereocenters. The lowest BCUT2D eigenvalue weighted by atomic mass is 9.91. The lowest BCUT2D eigenvalue weighted by Crippen LogP contribution is -2.52. The van der Waals surface area contributed by atoms with E-state index in [1.165, 1.54) is 0 Å². The van der Waals surface area contributed by atoms with Crippen LogP contribution in [0.5, 0.6) is 0 Å². The molecule has 0 spiro atoms. The van der Waals surface area contributed by atoms with Gasteiger partial charge < -0.3 is 10.4 Å². The van der Waals surface area contributed by atoms with Gasteiger partial charge in [-0.1, -0.05) is 0 Å². The highest BCUT2D eigenvalue weighted by Crippen LogP contribution is 2.18. The minimum absolute atomic E-state index is 0. The van der Waals surface area contributed by atoms with E-state index in [1.807, 2.05) is 0 Å². The van der Waals surface area contributed by atoms with Crippen LogP contribution < -0.4 is 5.32 Å². The molecular formula is C7H14ClNO2. The van der Waals surface area contributed by atoms with Gasteiger partial charge in [0.05, 0.1) is 0 Å². The second-order valence-corrected chi connectivity index (χ2v) is 3.02. The summed E-state index contributed by atoms with van der Waals surface area (Å²) in [6, 6.07) is 0. The third-order valence-electron chi connectivity index (χ3n) is 2.09. The molecule has 3 nitrogen and oxygen atoms in total. The zero-order chi connectivity index (χ0) is 7.61. The molecule has 1 saturated heterocycles. The quantitative estimate of drug-likeness (QED) is 0.632. The zero-order valence-electron chi connectivity index (χ0n) is 6.59. The van der Waals surface area contributed by atoms with Crippen LogP contribution in [0.25, 0.3) is 0 Å². The van der Waals surface area contributed by atoms with E-state index in [9.17, 15) is 4.79 Å². The van der Waals surface area contributed by atoms with Crippen molar-refractivity contribution in [2.24, 2.45) is 0 Å². The van der Waals surface area contributed by atoms with Crippen LogP contribution >= 0.6 is 12.4 Å². The Balaban J connectivity index is 0.000001000. The molecule has 1 aliphatic heterocycles. The first-order valence-electron chi connectivity index (χ1n) is 3.63. The minimum atomic E-state index is -0.729. The topological polar surface area (TPSA) is 49.3 Å². The maximum Gasteiger partial charge on any atom is 0.323 e. The average Bonchev–Trinajstić information content (AvgIpc) is 1.89. The van der Waals surface area contributed by atoms with Crippen molar-refractivity contribution >= 4 is 18.4 Å². The van der Waals surface area contributed by atoms with Gasteiger partial charge in [-0.25, -0.2) is 0 Å². The van der Waals surface area contributed by atoms with Gasteiger partial charge in [0.15, 0.2) is 0 Å². The second kappa shape index (κ2) is 3.93. The third-order valence-corrected chi connectivity index (χ3v) is 2.09. The molecule has 4 heteroatoms. The summed E-state index contributed by atoms with van der Waals surface area (Å²) in [4.78, 5) is 10.6. The molecule has 0 unspecified atom stereocenters. The Morgan fingerprint density at radius 2 is 2.18 bits per heavy atom. The molecule has 1 rings (SSSR count). The van der Waals surface area contributed by atoms with Gasteiger partial charge in [0.25, 0.3) is 0 Å². The highest BCUT2D eigenvalue weighted by Gasteiger charge is 2.33. The summed E-state index contributed by atoms with van der Waals surface area (Å²) in [7, 11) is 0. The van der Waals surface area contributed by atoms with Gasteiger partial charge in [0.2, 0.25) is 0 Å². The van der Waals surface area contributed by atoms with E-state index in [1.54, 1.807) is 6.92 Å². The van der Waals surface area contributed by atoms with Crippen LogP contribution in [-0.4, -0.2) is 23.2 Å². The second-order valence-electron chi connectivity index (χ2n) is 3.02. The number of carboxylic acid groups (broad SMARTS) is 1.